The number of hydrogen-bond donors (Lipinski definition) is 2. The molecule has 1 heterocycles. The molecule has 0 aliphatic carbocycles. The van der Waals surface area contributed by atoms with E-state index in [9.17, 15) is 4.39 Å². The fourth-order valence-corrected chi connectivity index (χ4v) is 0.802. The molecule has 2 N–H and O–H groups in total. The van der Waals surface area contributed by atoms with E-state index < -0.39 is 18.9 Å². The van der Waals surface area contributed by atoms with Gasteiger partial charge in [-0.3, -0.25) is 0 Å². The molecule has 0 aromatic carbocycles. The normalized spacial score (nSPS) is 9.67. The molecule has 0 radical (unpaired) electrons. The molecule has 0 saturated heterocycles. The van der Waals surface area contributed by atoms with Crippen molar-refractivity contribution < 1.29 is 19.1 Å². The Morgan fingerprint density at radius 2 is 2.25 bits per heavy atom. The third kappa shape index (κ3) is 2.07. The Bertz CT molecular complexity index is 265. The Balaban J connectivity index is 2.96. The average molecular weight is 191 g/mol. The zero-order chi connectivity index (χ0) is 9.14. The molecule has 0 aliphatic heterocycles. The van der Waals surface area contributed by atoms with Gasteiger partial charge in [-0.25, -0.2) is 9.37 Å². The van der Waals surface area contributed by atoms with Gasteiger partial charge in [-0.15, -0.1) is 0 Å². The molecule has 12 heavy (non-hydrogen) atoms. The van der Waals surface area contributed by atoms with Crippen molar-refractivity contribution in [1.29, 1.82) is 0 Å². The highest BCUT2D eigenvalue weighted by atomic mass is 35.5. The van der Waals surface area contributed by atoms with Crippen LogP contribution < -0.4 is 4.65 Å². The van der Waals surface area contributed by atoms with Gasteiger partial charge in [0.2, 0.25) is 0 Å². The van der Waals surface area contributed by atoms with Gasteiger partial charge in [0, 0.05) is 6.20 Å². The van der Waals surface area contributed by atoms with Gasteiger partial charge in [0.1, 0.15) is 0 Å². The molecule has 0 amide bonds. The van der Waals surface area contributed by atoms with Crippen LogP contribution >= 0.6 is 11.6 Å². The first kappa shape index (κ1) is 9.24. The van der Waals surface area contributed by atoms with Gasteiger partial charge in [0.05, 0.1) is 0 Å². The van der Waals surface area contributed by atoms with E-state index in [1.54, 1.807) is 0 Å². The van der Waals surface area contributed by atoms with Crippen LogP contribution in [0, 0.1) is 5.82 Å². The number of rotatable bonds is 2. The summed E-state index contributed by atoms with van der Waals surface area (Å²) in [5.41, 5.74) is 0. The first-order valence-corrected chi connectivity index (χ1v) is 3.32. The molecule has 64 valence electrons. The lowest BCUT2D eigenvalue weighted by Crippen LogP contribution is -2.21. The number of aromatic nitrogens is 1. The maximum atomic E-state index is 12.7. The fraction of sp³-hybridized carbons (Fsp3) is 0. The standard InChI is InChI=1S/C5H4BClFNO3/c7-5-4(12-6(10)11)3(8)1-2-9-5/h1-2,10-11H. The van der Waals surface area contributed by atoms with Crippen molar-refractivity contribution in [3.63, 3.8) is 0 Å². The summed E-state index contributed by atoms with van der Waals surface area (Å²) in [4.78, 5) is 3.47. The number of pyridine rings is 1. The summed E-state index contributed by atoms with van der Waals surface area (Å²) in [6, 6.07) is 0.990. The highest BCUT2D eigenvalue weighted by Crippen LogP contribution is 2.24. The highest BCUT2D eigenvalue weighted by molar-refractivity contribution is 6.35. The minimum absolute atomic E-state index is 0.261. The Morgan fingerprint density at radius 3 is 2.75 bits per heavy atom. The van der Waals surface area contributed by atoms with E-state index >= 15 is 0 Å². The van der Waals surface area contributed by atoms with E-state index in [2.05, 4.69) is 9.64 Å². The molecule has 0 fully saturated rings. The van der Waals surface area contributed by atoms with Crippen molar-refractivity contribution in [2.24, 2.45) is 0 Å². The Morgan fingerprint density at radius 1 is 1.58 bits per heavy atom. The average Bonchev–Trinajstić information content (AvgIpc) is 1.97. The zero-order valence-electron chi connectivity index (χ0n) is 5.74. The van der Waals surface area contributed by atoms with Crippen LogP contribution in [0.2, 0.25) is 5.15 Å². The summed E-state index contributed by atoms with van der Waals surface area (Å²) in [5, 5.41) is 16.4. The lowest BCUT2D eigenvalue weighted by atomic mass is 10.2. The largest absolute Gasteiger partial charge is 0.707 e. The summed E-state index contributed by atoms with van der Waals surface area (Å²) >= 11 is 5.38. The predicted octanol–water partition coefficient (Wildman–Crippen LogP) is 0.222. The summed E-state index contributed by atoms with van der Waals surface area (Å²) in [7, 11) is -2.11. The van der Waals surface area contributed by atoms with Gasteiger partial charge in [0.15, 0.2) is 16.7 Å². The maximum absolute atomic E-state index is 12.7. The van der Waals surface area contributed by atoms with Crippen molar-refractivity contribution in [2.45, 2.75) is 0 Å². The van der Waals surface area contributed by atoms with E-state index in [4.69, 9.17) is 21.6 Å². The number of hydrogen-bond acceptors (Lipinski definition) is 4. The molecule has 7 heteroatoms. The SMILES string of the molecule is OB(O)Oc1c(F)ccnc1Cl. The fourth-order valence-electron chi connectivity index (χ4n) is 0.611. The number of nitrogens with zero attached hydrogens (tertiary/aromatic N) is 1. The molecule has 0 saturated carbocycles. The molecule has 1 aromatic rings. The molecule has 1 aromatic heterocycles. The molecule has 1 rings (SSSR count). The van der Waals surface area contributed by atoms with Crippen molar-refractivity contribution in [1.82, 2.24) is 4.98 Å². The van der Waals surface area contributed by atoms with E-state index in [0.29, 0.717) is 0 Å². The van der Waals surface area contributed by atoms with Crippen LogP contribution in [0.5, 0.6) is 5.75 Å². The van der Waals surface area contributed by atoms with Crippen LogP contribution in [0.4, 0.5) is 4.39 Å². The minimum Gasteiger partial charge on any atom is -0.507 e. The molecule has 0 bridgehead atoms. The third-order valence-electron chi connectivity index (χ3n) is 1.04. The van der Waals surface area contributed by atoms with E-state index in [1.165, 1.54) is 0 Å². The van der Waals surface area contributed by atoms with Crippen LogP contribution in [0.3, 0.4) is 0 Å². The summed E-state index contributed by atoms with van der Waals surface area (Å²) in [6.45, 7) is 0. The molecular formula is C5H4BClFNO3. The lowest BCUT2D eigenvalue weighted by molar-refractivity contribution is 0.281. The summed E-state index contributed by atoms with van der Waals surface area (Å²) in [5.74, 6) is -1.28. The van der Waals surface area contributed by atoms with Crippen LogP contribution in [0.1, 0.15) is 0 Å². The van der Waals surface area contributed by atoms with Gasteiger partial charge in [-0.1, -0.05) is 11.6 Å². The first-order valence-electron chi connectivity index (χ1n) is 2.94. The third-order valence-corrected chi connectivity index (χ3v) is 1.31. The van der Waals surface area contributed by atoms with Crippen LogP contribution in [0.15, 0.2) is 12.3 Å². The predicted molar refractivity (Wildman–Crippen MR) is 40.0 cm³/mol. The van der Waals surface area contributed by atoms with E-state index in [-0.39, 0.29) is 5.15 Å². The molecule has 0 unspecified atom stereocenters. The van der Waals surface area contributed by atoms with E-state index in [0.717, 1.165) is 12.3 Å². The second-order valence-electron chi connectivity index (χ2n) is 1.86. The Kier molecular flexibility index (Phi) is 2.85. The number of halogens is 2. The van der Waals surface area contributed by atoms with Crippen LogP contribution in [0.25, 0.3) is 0 Å². The molecule has 0 atom stereocenters. The topological polar surface area (TPSA) is 62.6 Å². The van der Waals surface area contributed by atoms with Crippen LogP contribution in [-0.4, -0.2) is 22.4 Å². The lowest BCUT2D eigenvalue weighted by Gasteiger charge is -2.05. The molecule has 0 aliphatic rings. The molecule has 0 spiro atoms. The monoisotopic (exact) mass is 191 g/mol. The van der Waals surface area contributed by atoms with Crippen molar-refractivity contribution in [3.05, 3.63) is 23.2 Å². The second kappa shape index (κ2) is 3.71. The van der Waals surface area contributed by atoms with Crippen molar-refractivity contribution in [3.8, 4) is 5.75 Å². The smallest absolute Gasteiger partial charge is 0.507 e. The Labute approximate surface area is 72.7 Å². The van der Waals surface area contributed by atoms with E-state index in [1.807, 2.05) is 0 Å². The molecule has 4 nitrogen and oxygen atoms in total. The van der Waals surface area contributed by atoms with Gasteiger partial charge < -0.3 is 14.7 Å². The summed E-state index contributed by atoms with van der Waals surface area (Å²) in [6.07, 6.45) is 1.13. The maximum Gasteiger partial charge on any atom is 0.707 e. The second-order valence-corrected chi connectivity index (χ2v) is 2.21. The van der Waals surface area contributed by atoms with Gasteiger partial charge >= 0.3 is 7.32 Å². The zero-order valence-corrected chi connectivity index (χ0v) is 6.49. The quantitative estimate of drug-likeness (QED) is 0.519. The van der Waals surface area contributed by atoms with Crippen LogP contribution in [-0.2, 0) is 0 Å². The Hall–Kier alpha value is -0.845. The minimum atomic E-state index is -2.11. The van der Waals surface area contributed by atoms with Gasteiger partial charge in [0.25, 0.3) is 0 Å². The van der Waals surface area contributed by atoms with Gasteiger partial charge in [-0.05, 0) is 6.07 Å². The highest BCUT2D eigenvalue weighted by Gasteiger charge is 2.17. The molecular weight excluding hydrogens is 187 g/mol. The van der Waals surface area contributed by atoms with Crippen molar-refractivity contribution >= 4 is 18.9 Å². The van der Waals surface area contributed by atoms with Crippen molar-refractivity contribution in [2.75, 3.05) is 0 Å². The first-order chi connectivity index (χ1) is 5.61. The van der Waals surface area contributed by atoms with Gasteiger partial charge in [-0.2, -0.15) is 0 Å². The summed E-state index contributed by atoms with van der Waals surface area (Å²) < 4.78 is 17.0.